The maximum atomic E-state index is 11.3. The molecule has 0 spiro atoms. The molecule has 1 heterocycles. The van der Waals surface area contributed by atoms with Gasteiger partial charge in [0.1, 0.15) is 0 Å². The summed E-state index contributed by atoms with van der Waals surface area (Å²) in [5.41, 5.74) is 3.99. The normalized spacial score (nSPS) is 14.3. The highest BCUT2D eigenvalue weighted by Crippen LogP contribution is 2.36. The molecule has 3 nitrogen and oxygen atoms in total. The molecule has 0 saturated heterocycles. The molecule has 0 bridgehead atoms. The van der Waals surface area contributed by atoms with Gasteiger partial charge in [-0.3, -0.25) is 4.79 Å². The highest BCUT2D eigenvalue weighted by molar-refractivity contribution is 5.86. The first-order chi connectivity index (χ1) is 12.6. The number of rotatable bonds is 3. The highest BCUT2D eigenvalue weighted by atomic mass is 16.4. The van der Waals surface area contributed by atoms with Crippen molar-refractivity contribution < 1.29 is 9.90 Å². The van der Waals surface area contributed by atoms with Crippen LogP contribution in [0.2, 0.25) is 0 Å². The number of carboxylic acid groups (broad SMARTS) is 1. The molecular weight excluding hydrogens is 322 g/mol. The van der Waals surface area contributed by atoms with Crippen LogP contribution in [0.15, 0.2) is 24.3 Å². The summed E-state index contributed by atoms with van der Waals surface area (Å²) in [7, 11) is 0. The molecule has 1 aromatic heterocycles. The lowest BCUT2D eigenvalue weighted by Gasteiger charge is -2.24. The quantitative estimate of drug-likeness (QED) is 0.647. The van der Waals surface area contributed by atoms with Gasteiger partial charge in [-0.05, 0) is 51.2 Å². The molecule has 3 rings (SSSR count). The molecule has 3 heteroatoms. The van der Waals surface area contributed by atoms with Gasteiger partial charge in [0.15, 0.2) is 0 Å². The first-order valence-corrected chi connectivity index (χ1v) is 10.4. The van der Waals surface area contributed by atoms with Gasteiger partial charge in [-0.25, -0.2) is 0 Å². The van der Waals surface area contributed by atoms with Crippen LogP contribution in [0.5, 0.6) is 0 Å². The van der Waals surface area contributed by atoms with E-state index < -0.39 is 5.97 Å². The minimum atomic E-state index is -0.722. The van der Waals surface area contributed by atoms with Crippen molar-refractivity contribution in [3.63, 3.8) is 0 Å². The molecule has 148 valence electrons. The van der Waals surface area contributed by atoms with Crippen molar-refractivity contribution in [3.8, 4) is 0 Å². The minimum absolute atomic E-state index is 0.0146. The third-order valence-corrected chi connectivity index (χ3v) is 4.74. The average molecular weight is 362 g/mol. The van der Waals surface area contributed by atoms with Crippen LogP contribution in [-0.4, -0.2) is 15.6 Å². The molecule has 0 fully saturated rings. The van der Waals surface area contributed by atoms with E-state index in [1.165, 1.54) is 35.0 Å². The Morgan fingerprint density at radius 2 is 1.50 bits per heavy atom. The Labute approximate surface area is 160 Å². The van der Waals surface area contributed by atoms with Crippen molar-refractivity contribution >= 4 is 16.9 Å². The first kappa shape index (κ1) is 24.2. The summed E-state index contributed by atoms with van der Waals surface area (Å²) >= 11 is 0. The van der Waals surface area contributed by atoms with Gasteiger partial charge in [0, 0.05) is 22.6 Å². The molecule has 26 heavy (non-hydrogen) atoms. The number of aryl methyl sites for hydroxylation is 1. The van der Waals surface area contributed by atoms with Crippen LogP contribution < -0.4 is 0 Å². The largest absolute Gasteiger partial charge is 0.481 e. The van der Waals surface area contributed by atoms with Crippen molar-refractivity contribution in [1.29, 1.82) is 0 Å². The van der Waals surface area contributed by atoms with Crippen molar-refractivity contribution in [2.75, 3.05) is 0 Å². The number of aliphatic carboxylic acids is 1. The van der Waals surface area contributed by atoms with Gasteiger partial charge in [0.25, 0.3) is 0 Å². The smallest absolute Gasteiger partial charge is 0.308 e. The van der Waals surface area contributed by atoms with Crippen LogP contribution in [-0.2, 0) is 17.6 Å². The summed E-state index contributed by atoms with van der Waals surface area (Å²) in [6.07, 6.45) is 4.64. The molecular formula is C23H39NO2. The third-order valence-electron chi connectivity index (χ3n) is 4.74. The van der Waals surface area contributed by atoms with Gasteiger partial charge in [-0.15, -0.1) is 0 Å². The number of fused-ring (bicyclic) bond motifs is 3. The molecule has 2 aromatic rings. The Hall–Kier alpha value is -1.77. The lowest BCUT2D eigenvalue weighted by molar-refractivity contribution is -0.142. The van der Waals surface area contributed by atoms with Crippen LogP contribution in [0, 0.1) is 5.92 Å². The number of hydrogen-bond acceptors (Lipinski definition) is 1. The Morgan fingerprint density at radius 3 is 2.08 bits per heavy atom. The zero-order chi connectivity index (χ0) is 20.3. The molecule has 0 radical (unpaired) electrons. The van der Waals surface area contributed by atoms with Crippen LogP contribution in [0.4, 0.5) is 0 Å². The highest BCUT2D eigenvalue weighted by Gasteiger charge is 2.27. The number of aromatic nitrogens is 1. The topological polar surface area (TPSA) is 42.2 Å². The molecule has 1 aliphatic carbocycles. The molecule has 0 saturated carbocycles. The molecule has 1 aliphatic rings. The summed E-state index contributed by atoms with van der Waals surface area (Å²) in [6.45, 7) is 15.8. The van der Waals surface area contributed by atoms with Gasteiger partial charge >= 0.3 is 5.97 Å². The van der Waals surface area contributed by atoms with Gasteiger partial charge in [0.2, 0.25) is 0 Å². The molecule has 1 N–H and O–H groups in total. The standard InChI is InChI=1S/C17H21NO2.3C2H6/c1-11(17(19)20)12(2)18-15-9-5-3-7-13(15)14-8-4-6-10-16(14)18;3*1-2/h3,5,7,9,11-12H,4,6,8,10H2,1-2H3,(H,19,20);3*1-2H3. The fraction of sp³-hybridized carbons (Fsp3) is 0.609. The van der Waals surface area contributed by atoms with E-state index in [0.717, 1.165) is 12.8 Å². The lowest BCUT2D eigenvalue weighted by Crippen LogP contribution is -2.23. The maximum Gasteiger partial charge on any atom is 0.308 e. The predicted octanol–water partition coefficient (Wildman–Crippen LogP) is 6.88. The van der Waals surface area contributed by atoms with Crippen molar-refractivity contribution in [1.82, 2.24) is 4.57 Å². The fourth-order valence-corrected chi connectivity index (χ4v) is 3.42. The fourth-order valence-electron chi connectivity index (χ4n) is 3.42. The average Bonchev–Trinajstić information content (AvgIpc) is 3.06. The Balaban J connectivity index is 0.000000948. The van der Waals surface area contributed by atoms with E-state index in [-0.39, 0.29) is 12.0 Å². The van der Waals surface area contributed by atoms with Crippen LogP contribution in [0.1, 0.15) is 85.5 Å². The van der Waals surface area contributed by atoms with Crippen molar-refractivity contribution in [2.45, 2.75) is 87.1 Å². The summed E-state index contributed by atoms with van der Waals surface area (Å²) in [4.78, 5) is 11.3. The first-order valence-electron chi connectivity index (χ1n) is 10.4. The number of carbonyl (C=O) groups is 1. The number of hydrogen-bond donors (Lipinski definition) is 1. The van der Waals surface area contributed by atoms with E-state index in [4.69, 9.17) is 0 Å². The van der Waals surface area contributed by atoms with Crippen LogP contribution >= 0.6 is 0 Å². The third kappa shape index (κ3) is 5.12. The van der Waals surface area contributed by atoms with Gasteiger partial charge in [-0.2, -0.15) is 0 Å². The Morgan fingerprint density at radius 1 is 0.962 bits per heavy atom. The maximum absolute atomic E-state index is 11.3. The minimum Gasteiger partial charge on any atom is -0.481 e. The van der Waals surface area contributed by atoms with Crippen LogP contribution in [0.3, 0.4) is 0 Å². The number of carboxylic acids is 1. The van der Waals surface area contributed by atoms with Crippen molar-refractivity contribution in [3.05, 3.63) is 35.5 Å². The van der Waals surface area contributed by atoms with E-state index in [9.17, 15) is 9.90 Å². The zero-order valence-corrected chi connectivity index (χ0v) is 18.1. The zero-order valence-electron chi connectivity index (χ0n) is 18.1. The Kier molecular flexibility index (Phi) is 11.7. The summed E-state index contributed by atoms with van der Waals surface area (Å²) in [5, 5.41) is 10.6. The van der Waals surface area contributed by atoms with E-state index in [1.54, 1.807) is 6.92 Å². The van der Waals surface area contributed by atoms with E-state index in [0.29, 0.717) is 0 Å². The molecule has 2 atom stereocenters. The van der Waals surface area contributed by atoms with Crippen LogP contribution in [0.25, 0.3) is 10.9 Å². The van der Waals surface area contributed by atoms with Gasteiger partial charge < -0.3 is 9.67 Å². The summed E-state index contributed by atoms with van der Waals surface area (Å²) in [5.74, 6) is -1.10. The molecule has 0 aliphatic heterocycles. The SMILES string of the molecule is CC.CC.CC.CC(C(=O)O)C(C)n1c2c(c3ccccc31)CCCC2. The van der Waals surface area contributed by atoms with Gasteiger partial charge in [-0.1, -0.05) is 59.7 Å². The van der Waals surface area contributed by atoms with E-state index in [2.05, 4.69) is 22.8 Å². The summed E-state index contributed by atoms with van der Waals surface area (Å²) < 4.78 is 2.28. The van der Waals surface area contributed by atoms with E-state index in [1.807, 2.05) is 54.5 Å². The molecule has 1 aromatic carbocycles. The lowest BCUT2D eigenvalue weighted by atomic mass is 9.95. The van der Waals surface area contributed by atoms with Gasteiger partial charge in [0.05, 0.1) is 5.92 Å². The predicted molar refractivity (Wildman–Crippen MR) is 114 cm³/mol. The number of nitrogens with zero attached hydrogens (tertiary/aromatic N) is 1. The second-order valence-electron chi connectivity index (χ2n) is 5.89. The Bertz CT molecular complexity index is 658. The monoisotopic (exact) mass is 361 g/mol. The second-order valence-corrected chi connectivity index (χ2v) is 5.89. The number of benzene rings is 1. The summed E-state index contributed by atoms with van der Waals surface area (Å²) in [6, 6.07) is 8.40. The number of para-hydroxylation sites is 1. The molecule has 0 amide bonds. The second kappa shape index (κ2) is 12.6. The van der Waals surface area contributed by atoms with E-state index >= 15 is 0 Å². The molecule has 2 unspecified atom stereocenters. The van der Waals surface area contributed by atoms with Crippen molar-refractivity contribution in [2.24, 2.45) is 5.92 Å².